The summed E-state index contributed by atoms with van der Waals surface area (Å²) in [5.41, 5.74) is 1.38. The highest BCUT2D eigenvalue weighted by molar-refractivity contribution is 5.95. The van der Waals surface area contributed by atoms with Crippen LogP contribution in [0.25, 0.3) is 0 Å². The summed E-state index contributed by atoms with van der Waals surface area (Å²) in [5.74, 6) is 0.896. The number of ether oxygens (including phenoxy) is 2. The van der Waals surface area contributed by atoms with Crippen molar-refractivity contribution in [1.29, 1.82) is 0 Å². The molecule has 0 bridgehead atoms. The number of benzene rings is 1. The van der Waals surface area contributed by atoms with Crippen molar-refractivity contribution < 1.29 is 19.1 Å². The summed E-state index contributed by atoms with van der Waals surface area (Å²) in [6.07, 6.45) is 1.60. The van der Waals surface area contributed by atoms with E-state index in [1.807, 2.05) is 13.0 Å². The van der Waals surface area contributed by atoms with Crippen molar-refractivity contribution in [1.82, 2.24) is 4.98 Å². The lowest BCUT2D eigenvalue weighted by atomic mass is 10.1. The van der Waals surface area contributed by atoms with Gasteiger partial charge in [-0.15, -0.1) is 0 Å². The summed E-state index contributed by atoms with van der Waals surface area (Å²) in [6.45, 7) is 3.14. The van der Waals surface area contributed by atoms with Crippen molar-refractivity contribution >= 4 is 17.5 Å². The number of aryl methyl sites for hydroxylation is 1. The molecule has 0 aliphatic rings. The van der Waals surface area contributed by atoms with Gasteiger partial charge in [0.1, 0.15) is 5.82 Å². The van der Waals surface area contributed by atoms with E-state index >= 15 is 0 Å². The predicted octanol–water partition coefficient (Wildman–Crippen LogP) is 2.62. The Kier molecular flexibility index (Phi) is 5.30. The molecular formula is C17H18N2O4. The molecule has 120 valence electrons. The molecule has 6 nitrogen and oxygen atoms in total. The van der Waals surface area contributed by atoms with Crippen LogP contribution >= 0.6 is 0 Å². The molecule has 2 rings (SSSR count). The van der Waals surface area contributed by atoms with Gasteiger partial charge in [-0.2, -0.15) is 0 Å². The van der Waals surface area contributed by atoms with E-state index in [4.69, 9.17) is 9.47 Å². The van der Waals surface area contributed by atoms with E-state index in [9.17, 15) is 9.59 Å². The quantitative estimate of drug-likeness (QED) is 0.829. The molecule has 0 aliphatic carbocycles. The highest BCUT2D eigenvalue weighted by Crippen LogP contribution is 2.28. The summed E-state index contributed by atoms with van der Waals surface area (Å²) in [7, 11) is 1.48. The maximum atomic E-state index is 11.9. The molecule has 0 saturated heterocycles. The lowest BCUT2D eigenvalue weighted by Gasteiger charge is -2.12. The molecule has 0 atom stereocenters. The summed E-state index contributed by atoms with van der Waals surface area (Å²) >= 11 is 0. The Morgan fingerprint density at radius 1 is 1.22 bits per heavy atom. The van der Waals surface area contributed by atoms with Gasteiger partial charge in [0.25, 0.3) is 5.91 Å². The topological polar surface area (TPSA) is 77.5 Å². The van der Waals surface area contributed by atoms with Gasteiger partial charge < -0.3 is 14.8 Å². The molecule has 0 saturated carbocycles. The lowest BCUT2D eigenvalue weighted by Crippen LogP contribution is -2.21. The van der Waals surface area contributed by atoms with Crippen LogP contribution in [0.4, 0.5) is 5.82 Å². The Hall–Kier alpha value is -2.89. The molecule has 1 heterocycles. The minimum absolute atomic E-state index is 0.0711. The van der Waals surface area contributed by atoms with Crippen LogP contribution < -0.4 is 14.8 Å². The summed E-state index contributed by atoms with van der Waals surface area (Å²) in [4.78, 5) is 27.4. The van der Waals surface area contributed by atoms with Crippen LogP contribution in [0.2, 0.25) is 0 Å². The van der Waals surface area contributed by atoms with Gasteiger partial charge in [-0.05, 0) is 43.7 Å². The molecule has 1 amide bonds. The van der Waals surface area contributed by atoms with Crippen molar-refractivity contribution in [2.24, 2.45) is 0 Å². The molecule has 1 N–H and O–H groups in total. The number of nitrogens with one attached hydrogen (secondary N) is 1. The Bertz CT molecular complexity index is 728. The zero-order valence-corrected chi connectivity index (χ0v) is 13.3. The number of nitrogens with zero attached hydrogens (tertiary/aromatic N) is 1. The zero-order valence-electron chi connectivity index (χ0n) is 13.3. The summed E-state index contributed by atoms with van der Waals surface area (Å²) in [6, 6.07) is 8.46. The largest absolute Gasteiger partial charge is 0.493 e. The lowest BCUT2D eigenvalue weighted by molar-refractivity contribution is -0.118. The fourth-order valence-electron chi connectivity index (χ4n) is 1.93. The molecule has 1 aromatic carbocycles. The maximum Gasteiger partial charge on any atom is 0.263 e. The Labute approximate surface area is 134 Å². The smallest absolute Gasteiger partial charge is 0.263 e. The molecule has 23 heavy (non-hydrogen) atoms. The first kappa shape index (κ1) is 16.5. The number of anilines is 1. The van der Waals surface area contributed by atoms with E-state index in [-0.39, 0.29) is 18.3 Å². The highest BCUT2D eigenvalue weighted by Gasteiger charge is 2.11. The molecule has 0 fully saturated rings. The van der Waals surface area contributed by atoms with Crippen LogP contribution in [0.1, 0.15) is 22.8 Å². The van der Waals surface area contributed by atoms with Crippen molar-refractivity contribution in [3.05, 3.63) is 47.7 Å². The maximum absolute atomic E-state index is 11.9. The molecule has 0 spiro atoms. The first-order valence-corrected chi connectivity index (χ1v) is 7.04. The third kappa shape index (κ3) is 4.29. The van der Waals surface area contributed by atoms with Crippen LogP contribution in [0.3, 0.4) is 0 Å². The van der Waals surface area contributed by atoms with Crippen LogP contribution in [0, 0.1) is 6.92 Å². The normalized spacial score (nSPS) is 10.0. The van der Waals surface area contributed by atoms with E-state index < -0.39 is 0 Å². The van der Waals surface area contributed by atoms with E-state index in [0.717, 1.165) is 5.56 Å². The van der Waals surface area contributed by atoms with Crippen molar-refractivity contribution in [3.8, 4) is 11.5 Å². The fraction of sp³-hybridized carbons (Fsp3) is 0.235. The SMILES string of the molecule is COc1cc(C(C)=O)ccc1OCC(=O)Nc1ncccc1C. The Morgan fingerprint density at radius 3 is 2.65 bits per heavy atom. The number of carbonyl (C=O) groups excluding carboxylic acids is 2. The molecular weight excluding hydrogens is 296 g/mol. The average Bonchev–Trinajstić information content (AvgIpc) is 2.54. The Morgan fingerprint density at radius 2 is 2.00 bits per heavy atom. The molecule has 1 aromatic heterocycles. The van der Waals surface area contributed by atoms with Gasteiger partial charge in [0.05, 0.1) is 7.11 Å². The van der Waals surface area contributed by atoms with Crippen molar-refractivity contribution in [2.45, 2.75) is 13.8 Å². The van der Waals surface area contributed by atoms with Crippen molar-refractivity contribution in [3.63, 3.8) is 0 Å². The van der Waals surface area contributed by atoms with Crippen LogP contribution in [0.15, 0.2) is 36.5 Å². The highest BCUT2D eigenvalue weighted by atomic mass is 16.5. The number of carbonyl (C=O) groups is 2. The Balaban J connectivity index is 2.01. The molecule has 0 unspecified atom stereocenters. The number of Topliss-reactive ketones (excluding diaryl/α,β-unsaturated/α-hetero) is 1. The first-order valence-electron chi connectivity index (χ1n) is 7.04. The third-order valence-corrected chi connectivity index (χ3v) is 3.20. The molecule has 2 aromatic rings. The van der Waals surface area contributed by atoms with Gasteiger partial charge in [-0.25, -0.2) is 4.98 Å². The predicted molar refractivity (Wildman–Crippen MR) is 86.1 cm³/mol. The molecule has 6 heteroatoms. The van der Waals surface area contributed by atoms with E-state index in [1.165, 1.54) is 14.0 Å². The van der Waals surface area contributed by atoms with E-state index in [0.29, 0.717) is 22.9 Å². The molecule has 0 aliphatic heterocycles. The third-order valence-electron chi connectivity index (χ3n) is 3.20. The van der Waals surface area contributed by atoms with Gasteiger partial charge in [-0.3, -0.25) is 9.59 Å². The van der Waals surface area contributed by atoms with Crippen LogP contribution in [-0.4, -0.2) is 30.4 Å². The molecule has 0 radical (unpaired) electrons. The second-order valence-corrected chi connectivity index (χ2v) is 4.93. The number of rotatable bonds is 6. The number of aromatic nitrogens is 1. The van der Waals surface area contributed by atoms with E-state index in [1.54, 1.807) is 30.5 Å². The van der Waals surface area contributed by atoms with Gasteiger partial charge in [0.2, 0.25) is 0 Å². The van der Waals surface area contributed by atoms with Gasteiger partial charge in [-0.1, -0.05) is 6.07 Å². The number of ketones is 1. The first-order chi connectivity index (χ1) is 11.0. The summed E-state index contributed by atoms with van der Waals surface area (Å²) in [5, 5.41) is 2.68. The number of hydrogen-bond donors (Lipinski definition) is 1. The standard InChI is InChI=1S/C17H18N2O4/c1-11-5-4-8-18-17(11)19-16(21)10-23-14-7-6-13(12(2)20)9-15(14)22-3/h4-9H,10H2,1-3H3,(H,18,19,21). The number of methoxy groups -OCH3 is 1. The number of pyridine rings is 1. The summed E-state index contributed by atoms with van der Waals surface area (Å²) < 4.78 is 10.6. The average molecular weight is 314 g/mol. The van der Waals surface area contributed by atoms with Crippen LogP contribution in [0.5, 0.6) is 11.5 Å². The van der Waals surface area contributed by atoms with Gasteiger partial charge in [0, 0.05) is 11.8 Å². The van der Waals surface area contributed by atoms with Crippen molar-refractivity contribution in [2.75, 3.05) is 19.0 Å². The second-order valence-electron chi connectivity index (χ2n) is 4.93. The van der Waals surface area contributed by atoms with Crippen LogP contribution in [-0.2, 0) is 4.79 Å². The fourth-order valence-corrected chi connectivity index (χ4v) is 1.93. The minimum Gasteiger partial charge on any atom is -0.493 e. The zero-order chi connectivity index (χ0) is 16.8. The number of hydrogen-bond acceptors (Lipinski definition) is 5. The monoisotopic (exact) mass is 314 g/mol. The second kappa shape index (κ2) is 7.40. The number of amides is 1. The van der Waals surface area contributed by atoms with Gasteiger partial charge >= 0.3 is 0 Å². The van der Waals surface area contributed by atoms with Gasteiger partial charge in [0.15, 0.2) is 23.9 Å². The van der Waals surface area contributed by atoms with E-state index in [2.05, 4.69) is 10.3 Å². The minimum atomic E-state index is -0.329.